The van der Waals surface area contributed by atoms with E-state index in [1.165, 1.54) is 23.1 Å². The Morgan fingerprint density at radius 2 is 1.87 bits per heavy atom. The van der Waals surface area contributed by atoms with Gasteiger partial charge in [-0.1, -0.05) is 39.0 Å². The van der Waals surface area contributed by atoms with Crippen LogP contribution in [0.25, 0.3) is 11.5 Å². The number of amides is 1. The Morgan fingerprint density at radius 3 is 2.57 bits per heavy atom. The highest BCUT2D eigenvalue weighted by Crippen LogP contribution is 2.26. The van der Waals surface area contributed by atoms with Gasteiger partial charge in [-0.2, -0.15) is 14.9 Å². The van der Waals surface area contributed by atoms with Crippen LogP contribution in [0.1, 0.15) is 36.8 Å². The summed E-state index contributed by atoms with van der Waals surface area (Å²) < 4.78 is 16.9. The normalized spacial score (nSPS) is 11.5. The fourth-order valence-corrected chi connectivity index (χ4v) is 2.89. The minimum absolute atomic E-state index is 0.213. The zero-order valence-corrected chi connectivity index (χ0v) is 16.9. The van der Waals surface area contributed by atoms with Crippen LogP contribution in [0.3, 0.4) is 0 Å². The van der Waals surface area contributed by atoms with Crippen LogP contribution in [0.2, 0.25) is 0 Å². The van der Waals surface area contributed by atoms with E-state index >= 15 is 0 Å². The second-order valence-corrected chi connectivity index (χ2v) is 7.84. The number of benzene rings is 1. The first-order valence-electron chi connectivity index (χ1n) is 9.46. The predicted molar refractivity (Wildman–Crippen MR) is 112 cm³/mol. The number of nitrogens with one attached hydrogen (secondary N) is 1. The number of rotatable bonds is 4. The molecule has 7 nitrogen and oxygen atoms in total. The molecule has 0 aliphatic carbocycles. The van der Waals surface area contributed by atoms with E-state index in [4.69, 9.17) is 0 Å². The van der Waals surface area contributed by atoms with Crippen molar-refractivity contribution in [3.63, 3.8) is 0 Å². The monoisotopic (exact) mass is 404 g/mol. The van der Waals surface area contributed by atoms with E-state index in [0.717, 1.165) is 5.69 Å². The molecule has 0 atom stereocenters. The van der Waals surface area contributed by atoms with Gasteiger partial charge in [-0.25, -0.2) is 14.1 Å². The Balaban J connectivity index is 1.65. The number of aromatic nitrogens is 5. The minimum atomic E-state index is -0.421. The quantitative estimate of drug-likeness (QED) is 0.555. The molecule has 1 amide bonds. The molecule has 152 valence electrons. The van der Waals surface area contributed by atoms with Crippen LogP contribution in [-0.4, -0.2) is 30.5 Å². The first kappa shape index (κ1) is 19.5. The number of anilines is 1. The number of hydrogen-bond acceptors (Lipinski definition) is 4. The van der Waals surface area contributed by atoms with Gasteiger partial charge in [0.25, 0.3) is 5.91 Å². The van der Waals surface area contributed by atoms with E-state index in [2.05, 4.69) is 20.5 Å². The van der Waals surface area contributed by atoms with Crippen LogP contribution in [0.5, 0.6) is 0 Å². The summed E-state index contributed by atoms with van der Waals surface area (Å²) in [6.07, 6.45) is 4.55. The molecule has 0 saturated carbocycles. The first-order chi connectivity index (χ1) is 14.3. The fourth-order valence-electron chi connectivity index (χ4n) is 2.89. The number of para-hydroxylation sites is 1. The van der Waals surface area contributed by atoms with Gasteiger partial charge in [-0.15, -0.1) is 0 Å². The average Bonchev–Trinajstić information content (AvgIpc) is 3.36. The topological polar surface area (TPSA) is 77.6 Å². The molecule has 8 heteroatoms. The Bertz CT molecular complexity index is 1190. The van der Waals surface area contributed by atoms with Gasteiger partial charge in [-0.05, 0) is 24.3 Å². The highest BCUT2D eigenvalue weighted by Gasteiger charge is 2.22. The maximum Gasteiger partial charge on any atom is 0.260 e. The van der Waals surface area contributed by atoms with Crippen LogP contribution in [0.4, 0.5) is 10.2 Å². The summed E-state index contributed by atoms with van der Waals surface area (Å²) in [6.45, 7) is 6.13. The molecule has 0 fully saturated rings. The highest BCUT2D eigenvalue weighted by molar-refractivity contribution is 6.03. The third-order valence-electron chi connectivity index (χ3n) is 4.53. The Labute approximate surface area is 173 Å². The van der Waals surface area contributed by atoms with Crippen molar-refractivity contribution in [3.05, 3.63) is 84.2 Å². The van der Waals surface area contributed by atoms with Crippen molar-refractivity contribution in [2.45, 2.75) is 26.2 Å². The van der Waals surface area contributed by atoms with Crippen LogP contribution in [-0.2, 0) is 5.41 Å². The summed E-state index contributed by atoms with van der Waals surface area (Å²) in [7, 11) is 0. The van der Waals surface area contributed by atoms with E-state index in [1.54, 1.807) is 29.1 Å². The van der Waals surface area contributed by atoms with E-state index < -0.39 is 5.82 Å². The van der Waals surface area contributed by atoms with Crippen molar-refractivity contribution >= 4 is 11.7 Å². The second-order valence-electron chi connectivity index (χ2n) is 7.84. The predicted octanol–water partition coefficient (Wildman–Crippen LogP) is 4.14. The Hall–Kier alpha value is -3.81. The van der Waals surface area contributed by atoms with Crippen molar-refractivity contribution in [2.75, 3.05) is 5.32 Å². The molecular formula is C22H21FN6O. The summed E-state index contributed by atoms with van der Waals surface area (Å²) in [5.74, 6) is 0.276. The van der Waals surface area contributed by atoms with Crippen LogP contribution in [0.15, 0.2) is 67.1 Å². The van der Waals surface area contributed by atoms with E-state index in [0.29, 0.717) is 17.2 Å². The molecule has 4 aromatic rings. The van der Waals surface area contributed by atoms with Crippen LogP contribution in [0, 0.1) is 5.82 Å². The van der Waals surface area contributed by atoms with E-state index in [9.17, 15) is 9.18 Å². The molecule has 0 aliphatic rings. The second kappa shape index (κ2) is 7.55. The molecule has 3 heterocycles. The van der Waals surface area contributed by atoms with Gasteiger partial charge in [0.05, 0.1) is 17.5 Å². The Morgan fingerprint density at radius 1 is 1.10 bits per heavy atom. The van der Waals surface area contributed by atoms with Gasteiger partial charge in [0.1, 0.15) is 17.3 Å². The van der Waals surface area contributed by atoms with Crippen molar-refractivity contribution in [2.24, 2.45) is 0 Å². The SMILES string of the molecule is CC(C)(C)c1cc(NC(=O)c2cnn(-c3ccccc3F)c2)n(-c2ccccn2)n1. The molecule has 0 unspecified atom stereocenters. The molecular weight excluding hydrogens is 383 g/mol. The molecule has 1 aromatic carbocycles. The molecule has 30 heavy (non-hydrogen) atoms. The number of carbonyl (C=O) groups is 1. The number of nitrogens with zero attached hydrogens (tertiary/aromatic N) is 5. The van der Waals surface area contributed by atoms with Crippen molar-refractivity contribution in [1.82, 2.24) is 24.5 Å². The lowest BCUT2D eigenvalue weighted by atomic mass is 9.92. The van der Waals surface area contributed by atoms with E-state index in [1.807, 2.05) is 45.0 Å². The molecule has 4 rings (SSSR count). The maximum absolute atomic E-state index is 14.0. The number of carbonyl (C=O) groups excluding carboxylic acids is 1. The van der Waals surface area contributed by atoms with Crippen LogP contribution < -0.4 is 5.32 Å². The van der Waals surface area contributed by atoms with E-state index in [-0.39, 0.29) is 17.0 Å². The third kappa shape index (κ3) is 3.84. The lowest BCUT2D eigenvalue weighted by Crippen LogP contribution is -2.15. The van der Waals surface area contributed by atoms with Gasteiger partial charge in [0.15, 0.2) is 5.82 Å². The molecule has 0 spiro atoms. The van der Waals surface area contributed by atoms with Crippen molar-refractivity contribution < 1.29 is 9.18 Å². The molecule has 3 aromatic heterocycles. The first-order valence-corrected chi connectivity index (χ1v) is 9.46. The summed E-state index contributed by atoms with van der Waals surface area (Å²) >= 11 is 0. The smallest absolute Gasteiger partial charge is 0.260 e. The largest absolute Gasteiger partial charge is 0.306 e. The Kier molecular flexibility index (Phi) is 4.91. The van der Waals surface area contributed by atoms with Crippen molar-refractivity contribution in [1.29, 1.82) is 0 Å². The maximum atomic E-state index is 14.0. The van der Waals surface area contributed by atoms with Crippen molar-refractivity contribution in [3.8, 4) is 11.5 Å². The molecule has 1 N–H and O–H groups in total. The summed E-state index contributed by atoms with van der Waals surface area (Å²) in [5, 5.41) is 11.6. The zero-order valence-electron chi connectivity index (χ0n) is 16.9. The van der Waals surface area contributed by atoms with Crippen LogP contribution >= 0.6 is 0 Å². The lowest BCUT2D eigenvalue weighted by molar-refractivity contribution is 0.102. The molecule has 0 bridgehead atoms. The standard InChI is InChI=1S/C22H21FN6O/c1-22(2,3)18-12-20(29(27-18)19-10-6-7-11-24-19)26-21(30)15-13-25-28(14-15)17-9-5-4-8-16(17)23/h4-14H,1-3H3,(H,26,30). The fraction of sp³-hybridized carbons (Fsp3) is 0.182. The number of pyridine rings is 1. The average molecular weight is 404 g/mol. The molecule has 0 radical (unpaired) electrons. The summed E-state index contributed by atoms with van der Waals surface area (Å²) in [6, 6.07) is 13.5. The van der Waals surface area contributed by atoms with Gasteiger partial charge in [-0.3, -0.25) is 4.79 Å². The summed E-state index contributed by atoms with van der Waals surface area (Å²) in [4.78, 5) is 17.2. The molecule has 0 aliphatic heterocycles. The third-order valence-corrected chi connectivity index (χ3v) is 4.53. The lowest BCUT2D eigenvalue weighted by Gasteiger charge is -2.13. The van der Waals surface area contributed by atoms with Gasteiger partial charge < -0.3 is 5.32 Å². The summed E-state index contributed by atoms with van der Waals surface area (Å²) in [5.41, 5.74) is 1.16. The highest BCUT2D eigenvalue weighted by atomic mass is 19.1. The molecule has 0 saturated heterocycles. The minimum Gasteiger partial charge on any atom is -0.306 e. The van der Waals surface area contributed by atoms with Gasteiger partial charge in [0, 0.05) is 23.9 Å². The zero-order chi connectivity index (χ0) is 21.3. The van der Waals surface area contributed by atoms with Gasteiger partial charge in [0.2, 0.25) is 0 Å². The number of halogens is 1. The van der Waals surface area contributed by atoms with Gasteiger partial charge >= 0.3 is 0 Å². The number of hydrogen-bond donors (Lipinski definition) is 1.